The second kappa shape index (κ2) is 20.1. The van der Waals surface area contributed by atoms with Crippen molar-refractivity contribution in [3.63, 3.8) is 0 Å². The summed E-state index contributed by atoms with van der Waals surface area (Å²) in [5.74, 6) is -4.44. The lowest BCUT2D eigenvalue weighted by Crippen LogP contribution is -2.86. The van der Waals surface area contributed by atoms with E-state index in [4.69, 9.17) is 9.90 Å². The van der Waals surface area contributed by atoms with Gasteiger partial charge in [0.2, 0.25) is 17.7 Å². The summed E-state index contributed by atoms with van der Waals surface area (Å²) in [6, 6.07) is -1.75. The summed E-state index contributed by atoms with van der Waals surface area (Å²) in [6.45, 7) is 3.97. The summed E-state index contributed by atoms with van der Waals surface area (Å²) in [5, 5.41) is 35.3. The van der Waals surface area contributed by atoms with Gasteiger partial charge in [-0.1, -0.05) is 32.1 Å². The van der Waals surface area contributed by atoms with Crippen LogP contribution in [0.3, 0.4) is 0 Å². The maximum atomic E-state index is 12.8. The number of rotatable bonds is 15. The van der Waals surface area contributed by atoms with Crippen LogP contribution in [0.5, 0.6) is 0 Å². The van der Waals surface area contributed by atoms with Gasteiger partial charge in [0.05, 0.1) is 38.7 Å². The average Bonchev–Trinajstić information content (AvgIpc) is 2.95. The van der Waals surface area contributed by atoms with Gasteiger partial charge >= 0.3 is 12.1 Å². The number of nitrogens with one attached hydrogen (secondary N) is 2. The first-order valence-corrected chi connectivity index (χ1v) is 15.1. The van der Waals surface area contributed by atoms with Crippen molar-refractivity contribution in [2.75, 3.05) is 32.8 Å². The Hall–Kier alpha value is -2.94. The van der Waals surface area contributed by atoms with Crippen molar-refractivity contribution in [1.29, 1.82) is 0 Å². The van der Waals surface area contributed by atoms with Crippen LogP contribution in [-0.4, -0.2) is 95.8 Å². The van der Waals surface area contributed by atoms with Crippen LogP contribution in [0.1, 0.15) is 84.0 Å². The van der Waals surface area contributed by atoms with E-state index in [-0.39, 0.29) is 19.1 Å². The van der Waals surface area contributed by atoms with E-state index in [1.165, 1.54) is 24.2 Å². The van der Waals surface area contributed by atoms with Gasteiger partial charge in [-0.25, -0.2) is 0 Å². The van der Waals surface area contributed by atoms with Crippen molar-refractivity contribution in [3.8, 4) is 0 Å². The number of carbonyl (C=O) groups excluding carboxylic acids is 4. The summed E-state index contributed by atoms with van der Waals surface area (Å²) in [4.78, 5) is 59.7. The minimum Gasteiger partial charge on any atom is -0.542 e. The van der Waals surface area contributed by atoms with Crippen molar-refractivity contribution in [1.82, 2.24) is 15.5 Å². The molecule has 2 rings (SSSR count). The van der Waals surface area contributed by atoms with Gasteiger partial charge in [-0.3, -0.25) is 19.2 Å². The number of carboxylic acids is 2. The molecule has 0 aromatic carbocycles. The monoisotopic (exact) mass is 624 g/mol. The van der Waals surface area contributed by atoms with E-state index in [0.29, 0.717) is 31.2 Å². The first-order chi connectivity index (χ1) is 20.3. The van der Waals surface area contributed by atoms with E-state index < -0.39 is 48.4 Å². The number of aliphatic hydroxyl groups is 1. The maximum Gasteiger partial charge on any atom is 0.430 e. The molecule has 12 nitrogen and oxygen atoms in total. The normalized spacial score (nSPS) is 17.5. The Morgan fingerprint density at radius 2 is 1.60 bits per heavy atom. The molecule has 2 fully saturated rings. The van der Waals surface area contributed by atoms with Gasteiger partial charge in [-0.2, -0.15) is 13.2 Å². The zero-order valence-corrected chi connectivity index (χ0v) is 24.8. The van der Waals surface area contributed by atoms with Crippen molar-refractivity contribution in [3.05, 3.63) is 0 Å². The summed E-state index contributed by atoms with van der Waals surface area (Å²) in [6.07, 6.45) is 5.00. The molecule has 1 heterocycles. The number of alkyl halides is 3. The lowest BCUT2D eigenvalue weighted by molar-refractivity contribution is -0.664. The van der Waals surface area contributed by atoms with Gasteiger partial charge in [-0.15, -0.1) is 0 Å². The molecule has 0 aromatic heterocycles. The molecular weight excluding hydrogens is 577 g/mol. The Kier molecular flexibility index (Phi) is 17.8. The Balaban J connectivity index is 0.00000117. The largest absolute Gasteiger partial charge is 0.542 e. The summed E-state index contributed by atoms with van der Waals surface area (Å²) < 4.78 is 31.5. The lowest BCUT2D eigenvalue weighted by atomic mass is 9.85. The fourth-order valence-electron chi connectivity index (χ4n) is 5.46. The van der Waals surface area contributed by atoms with E-state index in [1.807, 2.05) is 0 Å². The van der Waals surface area contributed by atoms with E-state index in [1.54, 1.807) is 6.92 Å². The first-order valence-electron chi connectivity index (χ1n) is 15.1. The molecule has 1 saturated carbocycles. The van der Waals surface area contributed by atoms with Gasteiger partial charge in [0.15, 0.2) is 0 Å². The molecule has 43 heavy (non-hydrogen) atoms. The first kappa shape index (κ1) is 38.1. The van der Waals surface area contributed by atoms with Gasteiger partial charge < -0.3 is 41.0 Å². The Labute approximate surface area is 250 Å². The molecule has 1 aliphatic heterocycles. The molecule has 1 aliphatic carbocycles. The lowest BCUT2D eigenvalue weighted by Gasteiger charge is -2.28. The molecule has 0 aromatic rings. The molecule has 248 valence electrons. The second-order valence-electron chi connectivity index (χ2n) is 11.2. The van der Waals surface area contributed by atoms with Crippen LogP contribution >= 0.6 is 0 Å². The van der Waals surface area contributed by atoms with Gasteiger partial charge in [0, 0.05) is 13.0 Å². The second-order valence-corrected chi connectivity index (χ2v) is 11.2. The highest BCUT2D eigenvalue weighted by molar-refractivity contribution is 5.92. The molecule has 0 radical (unpaired) electrons. The third-order valence-electron chi connectivity index (χ3n) is 7.80. The Morgan fingerprint density at radius 3 is 2.12 bits per heavy atom. The van der Waals surface area contributed by atoms with Crippen molar-refractivity contribution < 1.29 is 57.8 Å². The van der Waals surface area contributed by atoms with Crippen LogP contribution < -0.4 is 21.1 Å². The number of halogens is 3. The van der Waals surface area contributed by atoms with Gasteiger partial charge in [0.1, 0.15) is 12.0 Å². The van der Waals surface area contributed by atoms with Crippen LogP contribution in [0, 0.1) is 11.8 Å². The molecule has 15 heteroatoms. The van der Waals surface area contributed by atoms with Gasteiger partial charge in [-0.05, 0) is 50.9 Å². The summed E-state index contributed by atoms with van der Waals surface area (Å²) >= 11 is 0. The number of aliphatic carboxylic acids is 2. The predicted octanol–water partition coefficient (Wildman–Crippen LogP) is -0.316. The number of carboxylic acid groups (broad SMARTS) is 2. The van der Waals surface area contributed by atoms with Crippen LogP contribution in [-0.2, 0) is 24.0 Å². The molecule has 0 bridgehead atoms. The molecule has 1 saturated heterocycles. The Bertz CT molecular complexity index is 894. The third kappa shape index (κ3) is 16.5. The van der Waals surface area contributed by atoms with Crippen LogP contribution in [0.4, 0.5) is 13.2 Å². The summed E-state index contributed by atoms with van der Waals surface area (Å²) in [7, 11) is 0. The number of amides is 3. The van der Waals surface area contributed by atoms with E-state index in [0.717, 1.165) is 51.6 Å². The van der Waals surface area contributed by atoms with Crippen molar-refractivity contribution in [2.24, 2.45) is 11.8 Å². The number of likely N-dealkylation sites (N-methyl/N-ethyl adjacent to an activating group) is 1. The number of piperidine rings is 1. The number of aliphatic hydroxyl groups excluding tert-OH is 1. The highest BCUT2D eigenvalue weighted by Gasteiger charge is 2.29. The van der Waals surface area contributed by atoms with Crippen molar-refractivity contribution in [2.45, 2.75) is 102 Å². The van der Waals surface area contributed by atoms with E-state index in [9.17, 15) is 42.6 Å². The van der Waals surface area contributed by atoms with Crippen LogP contribution in [0.15, 0.2) is 0 Å². The Morgan fingerprint density at radius 1 is 1.00 bits per heavy atom. The van der Waals surface area contributed by atoms with Crippen LogP contribution in [0.25, 0.3) is 0 Å². The van der Waals surface area contributed by atoms with E-state index >= 15 is 0 Å². The van der Waals surface area contributed by atoms with Crippen LogP contribution in [0.2, 0.25) is 0 Å². The number of quaternary nitrogens is 1. The molecular formula is C28H47F3N4O8. The smallest absolute Gasteiger partial charge is 0.430 e. The quantitative estimate of drug-likeness (QED) is 0.164. The molecule has 3 amide bonds. The molecule has 6 N–H and O–H groups in total. The number of carbonyl (C=O) groups is 5. The highest BCUT2D eigenvalue weighted by atomic mass is 19.4. The zero-order chi connectivity index (χ0) is 32.4. The predicted molar refractivity (Wildman–Crippen MR) is 146 cm³/mol. The standard InChI is InChI=1S/C26H46N4O6.C2HF3O2/c1-2-30(24(33)10-6-9-19-11-13-27-14-12-19)17-23(32)29-22(16-25(34)35)26(36)28-21(18-31)15-20-7-4-3-5-8-20;3-2(4,5)1(6)7/h19-22,27,31H,2-18H2,1H3,(H,28,36)(H,29,32)(H,34,35);(H,6,7)/t21-,22-;/m0./s1. The summed E-state index contributed by atoms with van der Waals surface area (Å²) in [5.41, 5.74) is 0. The zero-order valence-electron chi connectivity index (χ0n) is 24.8. The molecule has 2 atom stereocenters. The minimum absolute atomic E-state index is 0.109. The number of hydrogen-bond donors (Lipinski definition) is 5. The number of nitrogens with zero attached hydrogens (tertiary/aromatic N) is 1. The number of hydrogen-bond acceptors (Lipinski definition) is 7. The fraction of sp³-hybridized carbons (Fsp3) is 0.821. The average molecular weight is 625 g/mol. The highest BCUT2D eigenvalue weighted by Crippen LogP contribution is 2.27. The third-order valence-corrected chi connectivity index (χ3v) is 7.80. The fourth-order valence-corrected chi connectivity index (χ4v) is 5.46. The number of nitrogens with two attached hydrogens (primary N) is 1. The molecule has 2 aliphatic rings. The molecule has 0 unspecified atom stereocenters. The SMILES string of the molecule is CCN(CC(=O)N[C@@H](CC(=O)O)C(=O)N[C@H](CO)CC1CCCCC1)C(=O)CCCC1CC[NH2+]CC1.O=C([O-])C(F)(F)F. The van der Waals surface area contributed by atoms with E-state index in [2.05, 4.69) is 16.0 Å². The minimum atomic E-state index is -5.19. The van der Waals surface area contributed by atoms with Gasteiger partial charge in [0.25, 0.3) is 0 Å². The molecule has 0 spiro atoms. The maximum absolute atomic E-state index is 12.8. The van der Waals surface area contributed by atoms with Crippen molar-refractivity contribution >= 4 is 29.7 Å². The topological polar surface area (TPSA) is 193 Å².